The molecule has 2 unspecified atom stereocenters. The zero-order valence-corrected chi connectivity index (χ0v) is 13.4. The van der Waals surface area contributed by atoms with Gasteiger partial charge in [0.25, 0.3) is 0 Å². The number of nitrogens with zero attached hydrogens (tertiary/aromatic N) is 1. The Morgan fingerprint density at radius 3 is 2.41 bits per heavy atom. The van der Waals surface area contributed by atoms with E-state index in [9.17, 15) is 9.59 Å². The number of amides is 1. The molecule has 2 atom stereocenters. The third-order valence-corrected chi connectivity index (χ3v) is 4.36. The lowest BCUT2D eigenvalue weighted by molar-refractivity contribution is -0.143. The predicted molar refractivity (Wildman–Crippen MR) is 85.6 cm³/mol. The smallest absolute Gasteiger partial charge is 0.308 e. The van der Waals surface area contributed by atoms with Gasteiger partial charge in [0.2, 0.25) is 5.91 Å². The van der Waals surface area contributed by atoms with Crippen LogP contribution in [0.1, 0.15) is 51.0 Å². The predicted octanol–water partition coefficient (Wildman–Crippen LogP) is 3.28. The van der Waals surface area contributed by atoms with Gasteiger partial charge < -0.3 is 10.0 Å². The number of carboxylic acid groups (broad SMARTS) is 1. The summed E-state index contributed by atoms with van der Waals surface area (Å²) >= 11 is 0. The first-order chi connectivity index (χ1) is 10.5. The van der Waals surface area contributed by atoms with E-state index in [0.717, 1.165) is 19.3 Å². The Bertz CT molecular complexity index is 510. The summed E-state index contributed by atoms with van der Waals surface area (Å²) in [4.78, 5) is 25.3. The number of hydrogen-bond donors (Lipinski definition) is 1. The van der Waals surface area contributed by atoms with Crippen molar-refractivity contribution in [1.82, 2.24) is 4.90 Å². The highest BCUT2D eigenvalue weighted by molar-refractivity contribution is 5.78. The number of carbonyl (C=O) groups is 2. The second-order valence-electron chi connectivity index (χ2n) is 6.37. The molecule has 1 aliphatic rings. The van der Waals surface area contributed by atoms with Crippen molar-refractivity contribution in [1.29, 1.82) is 0 Å². The highest BCUT2D eigenvalue weighted by atomic mass is 16.4. The van der Waals surface area contributed by atoms with E-state index < -0.39 is 11.9 Å². The van der Waals surface area contributed by atoms with Crippen LogP contribution in [-0.4, -0.2) is 34.5 Å². The first-order valence-corrected chi connectivity index (χ1v) is 8.06. The molecule has 0 aliphatic heterocycles. The van der Waals surface area contributed by atoms with Crippen LogP contribution >= 0.6 is 0 Å². The molecule has 1 amide bonds. The molecule has 120 valence electrons. The maximum atomic E-state index is 12.5. The molecule has 1 fully saturated rings. The topological polar surface area (TPSA) is 57.6 Å². The van der Waals surface area contributed by atoms with E-state index in [1.54, 1.807) is 11.8 Å². The number of benzene rings is 1. The molecule has 4 nitrogen and oxygen atoms in total. The van der Waals surface area contributed by atoms with Gasteiger partial charge in [-0.2, -0.15) is 0 Å². The lowest BCUT2D eigenvalue weighted by atomic mass is 9.96. The lowest BCUT2D eigenvalue weighted by Crippen LogP contribution is -2.38. The van der Waals surface area contributed by atoms with Gasteiger partial charge >= 0.3 is 5.97 Å². The number of rotatable bonds is 8. The van der Waals surface area contributed by atoms with Crippen molar-refractivity contribution >= 4 is 11.9 Å². The van der Waals surface area contributed by atoms with Crippen molar-refractivity contribution < 1.29 is 14.7 Å². The van der Waals surface area contributed by atoms with Gasteiger partial charge in [0.05, 0.1) is 5.92 Å². The van der Waals surface area contributed by atoms with Gasteiger partial charge in [0.15, 0.2) is 0 Å². The van der Waals surface area contributed by atoms with Crippen molar-refractivity contribution in [2.75, 3.05) is 6.54 Å². The second kappa shape index (κ2) is 7.43. The first-order valence-electron chi connectivity index (χ1n) is 8.06. The van der Waals surface area contributed by atoms with Gasteiger partial charge in [-0.1, -0.05) is 44.2 Å². The van der Waals surface area contributed by atoms with E-state index in [-0.39, 0.29) is 11.9 Å². The van der Waals surface area contributed by atoms with E-state index in [1.165, 1.54) is 5.56 Å². The van der Waals surface area contributed by atoms with E-state index in [4.69, 9.17) is 5.11 Å². The fraction of sp³-hybridized carbons (Fsp3) is 0.556. The molecule has 1 saturated carbocycles. The molecule has 0 heterocycles. The molecule has 0 saturated heterocycles. The third-order valence-electron chi connectivity index (χ3n) is 4.36. The molecule has 22 heavy (non-hydrogen) atoms. The minimum Gasteiger partial charge on any atom is -0.481 e. The van der Waals surface area contributed by atoms with Crippen LogP contribution in [0.3, 0.4) is 0 Å². The Labute approximate surface area is 132 Å². The Kier molecular flexibility index (Phi) is 5.58. The second-order valence-corrected chi connectivity index (χ2v) is 6.37. The van der Waals surface area contributed by atoms with Gasteiger partial charge in [-0.3, -0.25) is 9.59 Å². The SMILES string of the molecule is CC(CN(C(=O)CCC(C)c1ccccc1)C1CC1)C(=O)O. The Morgan fingerprint density at radius 1 is 1.23 bits per heavy atom. The summed E-state index contributed by atoms with van der Waals surface area (Å²) in [5.41, 5.74) is 1.24. The minimum atomic E-state index is -0.837. The molecule has 1 N–H and O–H groups in total. The summed E-state index contributed by atoms with van der Waals surface area (Å²) in [6.45, 7) is 4.13. The molecule has 0 aromatic heterocycles. The quantitative estimate of drug-likeness (QED) is 0.802. The van der Waals surface area contributed by atoms with E-state index in [1.807, 2.05) is 18.2 Å². The van der Waals surface area contributed by atoms with Crippen LogP contribution in [0.25, 0.3) is 0 Å². The van der Waals surface area contributed by atoms with Crippen molar-refractivity contribution in [3.8, 4) is 0 Å². The Morgan fingerprint density at radius 2 is 1.86 bits per heavy atom. The first kappa shape index (κ1) is 16.5. The summed E-state index contributed by atoms with van der Waals surface area (Å²) in [5.74, 6) is -0.909. The van der Waals surface area contributed by atoms with Crippen LogP contribution in [0.5, 0.6) is 0 Å². The summed E-state index contributed by atoms with van der Waals surface area (Å²) in [5, 5.41) is 9.04. The van der Waals surface area contributed by atoms with Gasteiger partial charge in [-0.05, 0) is 30.7 Å². The van der Waals surface area contributed by atoms with Crippen LogP contribution in [-0.2, 0) is 9.59 Å². The summed E-state index contributed by atoms with van der Waals surface area (Å²) in [7, 11) is 0. The van der Waals surface area contributed by atoms with Gasteiger partial charge in [0, 0.05) is 19.0 Å². The molecule has 0 radical (unpaired) electrons. The maximum Gasteiger partial charge on any atom is 0.308 e. The standard InChI is InChI=1S/C18H25NO3/c1-13(15-6-4-3-5-7-15)8-11-17(20)19(16-9-10-16)12-14(2)18(21)22/h3-7,13-14,16H,8-12H2,1-2H3,(H,21,22). The number of aliphatic carboxylic acids is 1. The van der Waals surface area contributed by atoms with Crippen molar-refractivity contribution in [2.45, 2.75) is 51.5 Å². The van der Waals surface area contributed by atoms with E-state index in [2.05, 4.69) is 19.1 Å². The highest BCUT2D eigenvalue weighted by Gasteiger charge is 2.34. The molecule has 2 rings (SSSR count). The monoisotopic (exact) mass is 303 g/mol. The van der Waals surface area contributed by atoms with Crippen LogP contribution in [0, 0.1) is 5.92 Å². The molecule has 1 aromatic carbocycles. The van der Waals surface area contributed by atoms with Crippen molar-refractivity contribution in [3.63, 3.8) is 0 Å². The largest absolute Gasteiger partial charge is 0.481 e. The zero-order chi connectivity index (χ0) is 16.1. The zero-order valence-electron chi connectivity index (χ0n) is 13.4. The fourth-order valence-electron chi connectivity index (χ4n) is 2.65. The summed E-state index contributed by atoms with van der Waals surface area (Å²) in [6.07, 6.45) is 3.30. The average molecular weight is 303 g/mol. The third kappa shape index (κ3) is 4.58. The average Bonchev–Trinajstić information content (AvgIpc) is 3.35. The Hall–Kier alpha value is -1.84. The van der Waals surface area contributed by atoms with Crippen LogP contribution < -0.4 is 0 Å². The molecular weight excluding hydrogens is 278 g/mol. The van der Waals surface area contributed by atoms with E-state index >= 15 is 0 Å². The summed E-state index contributed by atoms with van der Waals surface area (Å²) in [6, 6.07) is 10.4. The number of hydrogen-bond acceptors (Lipinski definition) is 2. The Balaban J connectivity index is 1.87. The van der Waals surface area contributed by atoms with Gasteiger partial charge in [0.1, 0.15) is 0 Å². The van der Waals surface area contributed by atoms with E-state index in [0.29, 0.717) is 18.9 Å². The van der Waals surface area contributed by atoms with Crippen LogP contribution in [0.2, 0.25) is 0 Å². The molecule has 0 spiro atoms. The van der Waals surface area contributed by atoms with Crippen molar-refractivity contribution in [3.05, 3.63) is 35.9 Å². The van der Waals surface area contributed by atoms with Gasteiger partial charge in [-0.25, -0.2) is 0 Å². The molecular formula is C18H25NO3. The minimum absolute atomic E-state index is 0.0957. The van der Waals surface area contributed by atoms with Gasteiger partial charge in [-0.15, -0.1) is 0 Å². The number of carbonyl (C=O) groups excluding carboxylic acids is 1. The number of carboxylic acids is 1. The highest BCUT2D eigenvalue weighted by Crippen LogP contribution is 2.29. The molecule has 1 aromatic rings. The lowest BCUT2D eigenvalue weighted by Gasteiger charge is -2.25. The normalized spacial score (nSPS) is 16.8. The fourth-order valence-corrected chi connectivity index (χ4v) is 2.65. The molecule has 0 bridgehead atoms. The maximum absolute atomic E-state index is 12.5. The molecule has 4 heteroatoms. The van der Waals surface area contributed by atoms with Crippen LogP contribution in [0.4, 0.5) is 0 Å². The molecule has 1 aliphatic carbocycles. The van der Waals surface area contributed by atoms with Crippen molar-refractivity contribution in [2.24, 2.45) is 5.92 Å². The van der Waals surface area contributed by atoms with Crippen LogP contribution in [0.15, 0.2) is 30.3 Å². The summed E-state index contributed by atoms with van der Waals surface area (Å²) < 4.78 is 0.